The quantitative estimate of drug-likeness (QED) is 0.777. The molecule has 0 aliphatic carbocycles. The summed E-state index contributed by atoms with van der Waals surface area (Å²) in [4.78, 5) is 22.4. The van der Waals surface area contributed by atoms with E-state index >= 15 is 0 Å². The Morgan fingerprint density at radius 3 is 2.24 bits per heavy atom. The van der Waals surface area contributed by atoms with Gasteiger partial charge in [0.15, 0.2) is 0 Å². The second-order valence-electron chi connectivity index (χ2n) is 4.78. The Kier molecular flexibility index (Phi) is 4.59. The lowest BCUT2D eigenvalue weighted by molar-refractivity contribution is -0.117. The summed E-state index contributed by atoms with van der Waals surface area (Å²) in [5.74, 6) is -1.12. The molecule has 21 heavy (non-hydrogen) atoms. The maximum absolute atomic E-state index is 12.3. The summed E-state index contributed by atoms with van der Waals surface area (Å²) in [7, 11) is -3.48. The van der Waals surface area contributed by atoms with Crippen LogP contribution < -0.4 is 11.1 Å². The van der Waals surface area contributed by atoms with E-state index in [1.165, 1.54) is 28.6 Å². The van der Waals surface area contributed by atoms with E-state index in [-0.39, 0.29) is 17.0 Å². The van der Waals surface area contributed by atoms with Gasteiger partial charge in [0.05, 0.1) is 11.4 Å². The summed E-state index contributed by atoms with van der Waals surface area (Å²) in [6.07, 6.45) is 1.74. The molecule has 1 fully saturated rings. The fourth-order valence-electron chi connectivity index (χ4n) is 2.13. The maximum Gasteiger partial charge on any atom is 0.251 e. The number of carbonyl (C=O) groups excluding carboxylic acids is 2. The van der Waals surface area contributed by atoms with Gasteiger partial charge >= 0.3 is 0 Å². The highest BCUT2D eigenvalue weighted by atomic mass is 32.2. The molecule has 0 saturated carbocycles. The van der Waals surface area contributed by atoms with Gasteiger partial charge in [-0.3, -0.25) is 9.59 Å². The lowest BCUT2D eigenvalue weighted by atomic mass is 10.2. The maximum atomic E-state index is 12.3. The van der Waals surface area contributed by atoms with E-state index in [9.17, 15) is 18.0 Å². The van der Waals surface area contributed by atoms with E-state index in [0.717, 1.165) is 12.8 Å². The van der Waals surface area contributed by atoms with Crippen molar-refractivity contribution in [2.24, 2.45) is 5.73 Å². The van der Waals surface area contributed by atoms with E-state index in [1.54, 1.807) is 0 Å². The average Bonchev–Trinajstić information content (AvgIpc) is 2.99. The van der Waals surface area contributed by atoms with Crippen LogP contribution >= 0.6 is 0 Å². The number of hydrogen-bond donors (Lipinski definition) is 2. The SMILES string of the molecule is NC(=O)CNC(=O)c1ccc(S(=O)(=O)N2CCCC2)cc1. The molecule has 2 rings (SSSR count). The Labute approximate surface area is 123 Å². The van der Waals surface area contributed by atoms with E-state index < -0.39 is 21.8 Å². The van der Waals surface area contributed by atoms with E-state index in [0.29, 0.717) is 13.1 Å². The fraction of sp³-hybridized carbons (Fsp3) is 0.385. The average molecular weight is 311 g/mol. The second kappa shape index (κ2) is 6.23. The molecule has 2 amide bonds. The smallest absolute Gasteiger partial charge is 0.251 e. The fourth-order valence-corrected chi connectivity index (χ4v) is 3.64. The summed E-state index contributed by atoms with van der Waals surface area (Å²) in [5.41, 5.74) is 5.21. The lowest BCUT2D eigenvalue weighted by Gasteiger charge is -2.15. The number of rotatable bonds is 5. The molecule has 0 unspecified atom stereocenters. The minimum atomic E-state index is -3.48. The van der Waals surface area contributed by atoms with Gasteiger partial charge in [0.1, 0.15) is 0 Å². The first-order valence-corrected chi connectivity index (χ1v) is 8.02. The van der Waals surface area contributed by atoms with Crippen molar-refractivity contribution < 1.29 is 18.0 Å². The Bertz CT molecular complexity index is 634. The van der Waals surface area contributed by atoms with Crippen LogP contribution in [0.1, 0.15) is 23.2 Å². The molecule has 1 saturated heterocycles. The van der Waals surface area contributed by atoms with Gasteiger partial charge < -0.3 is 11.1 Å². The van der Waals surface area contributed by atoms with Crippen molar-refractivity contribution in [3.05, 3.63) is 29.8 Å². The van der Waals surface area contributed by atoms with Crippen LogP contribution in [0.2, 0.25) is 0 Å². The number of amides is 2. The zero-order valence-corrected chi connectivity index (χ0v) is 12.2. The van der Waals surface area contributed by atoms with Gasteiger partial charge in [-0.2, -0.15) is 4.31 Å². The summed E-state index contributed by atoms with van der Waals surface area (Å²) in [5, 5.41) is 2.34. The van der Waals surface area contributed by atoms with Crippen molar-refractivity contribution in [1.82, 2.24) is 9.62 Å². The number of nitrogens with two attached hydrogens (primary N) is 1. The molecule has 1 heterocycles. The third kappa shape index (κ3) is 3.59. The molecule has 1 aromatic carbocycles. The zero-order valence-electron chi connectivity index (χ0n) is 11.4. The first kappa shape index (κ1) is 15.5. The van der Waals surface area contributed by atoms with Crippen molar-refractivity contribution in [1.29, 1.82) is 0 Å². The number of nitrogens with one attached hydrogen (secondary N) is 1. The highest BCUT2D eigenvalue weighted by molar-refractivity contribution is 7.89. The van der Waals surface area contributed by atoms with Crippen LogP contribution in [-0.2, 0) is 14.8 Å². The molecule has 1 aliphatic rings. The van der Waals surface area contributed by atoms with Crippen LogP contribution in [0.25, 0.3) is 0 Å². The van der Waals surface area contributed by atoms with E-state index in [2.05, 4.69) is 5.32 Å². The molecule has 0 aromatic heterocycles. The van der Waals surface area contributed by atoms with Crippen LogP contribution in [-0.4, -0.2) is 44.2 Å². The van der Waals surface area contributed by atoms with Gasteiger partial charge in [-0.15, -0.1) is 0 Å². The highest BCUT2D eigenvalue weighted by Gasteiger charge is 2.27. The molecule has 1 aliphatic heterocycles. The third-order valence-corrected chi connectivity index (χ3v) is 5.16. The lowest BCUT2D eigenvalue weighted by Crippen LogP contribution is -2.33. The van der Waals surface area contributed by atoms with Gasteiger partial charge in [0.2, 0.25) is 15.9 Å². The van der Waals surface area contributed by atoms with Crippen molar-refractivity contribution >= 4 is 21.8 Å². The Balaban J connectivity index is 2.11. The van der Waals surface area contributed by atoms with Crippen molar-refractivity contribution in [2.75, 3.05) is 19.6 Å². The number of primary amides is 1. The summed E-state index contributed by atoms with van der Waals surface area (Å²) in [6, 6.07) is 5.62. The molecule has 0 radical (unpaired) electrons. The minimum Gasteiger partial charge on any atom is -0.368 e. The number of hydrogen-bond acceptors (Lipinski definition) is 4. The van der Waals surface area contributed by atoms with Gasteiger partial charge in [0, 0.05) is 18.7 Å². The molecule has 3 N–H and O–H groups in total. The van der Waals surface area contributed by atoms with Gasteiger partial charge in [0.25, 0.3) is 5.91 Å². The monoisotopic (exact) mass is 311 g/mol. The summed E-state index contributed by atoms with van der Waals surface area (Å²) < 4.78 is 26.0. The number of nitrogens with zero attached hydrogens (tertiary/aromatic N) is 1. The molecular formula is C13H17N3O4S. The normalized spacial score (nSPS) is 15.8. The third-order valence-electron chi connectivity index (χ3n) is 3.24. The predicted octanol–water partition coefficient (Wildman–Crippen LogP) is -0.314. The molecule has 7 nitrogen and oxygen atoms in total. The van der Waals surface area contributed by atoms with Crippen LogP contribution in [0, 0.1) is 0 Å². The Hall–Kier alpha value is -1.93. The van der Waals surface area contributed by atoms with Crippen LogP contribution in [0.3, 0.4) is 0 Å². The minimum absolute atomic E-state index is 0.163. The first-order chi connectivity index (χ1) is 9.91. The Morgan fingerprint density at radius 1 is 1.14 bits per heavy atom. The summed E-state index contributed by atoms with van der Waals surface area (Å²) in [6.45, 7) is 0.805. The standard InChI is InChI=1S/C13H17N3O4S/c14-12(17)9-15-13(18)10-3-5-11(6-4-10)21(19,20)16-7-1-2-8-16/h3-6H,1-2,7-9H2,(H2,14,17)(H,15,18). The van der Waals surface area contributed by atoms with Gasteiger partial charge in [-0.25, -0.2) is 8.42 Å². The molecule has 0 bridgehead atoms. The van der Waals surface area contributed by atoms with Crippen molar-refractivity contribution in [3.63, 3.8) is 0 Å². The first-order valence-electron chi connectivity index (χ1n) is 6.58. The zero-order chi connectivity index (χ0) is 15.5. The highest BCUT2D eigenvalue weighted by Crippen LogP contribution is 2.20. The van der Waals surface area contributed by atoms with Crippen LogP contribution in [0.4, 0.5) is 0 Å². The van der Waals surface area contributed by atoms with E-state index in [4.69, 9.17) is 5.73 Å². The molecular weight excluding hydrogens is 294 g/mol. The molecule has 1 aromatic rings. The Morgan fingerprint density at radius 2 is 1.71 bits per heavy atom. The van der Waals surface area contributed by atoms with E-state index in [1.807, 2.05) is 0 Å². The predicted molar refractivity (Wildman–Crippen MR) is 76.0 cm³/mol. The van der Waals surface area contributed by atoms with Crippen LogP contribution in [0.15, 0.2) is 29.2 Å². The largest absolute Gasteiger partial charge is 0.368 e. The second-order valence-corrected chi connectivity index (χ2v) is 6.72. The molecule has 0 spiro atoms. The van der Waals surface area contributed by atoms with Gasteiger partial charge in [-0.1, -0.05) is 0 Å². The summed E-state index contributed by atoms with van der Waals surface area (Å²) >= 11 is 0. The number of benzene rings is 1. The molecule has 8 heteroatoms. The van der Waals surface area contributed by atoms with Crippen molar-refractivity contribution in [3.8, 4) is 0 Å². The topological polar surface area (TPSA) is 110 Å². The van der Waals surface area contributed by atoms with Crippen LogP contribution in [0.5, 0.6) is 0 Å². The molecule has 114 valence electrons. The molecule has 0 atom stereocenters. The number of carbonyl (C=O) groups is 2. The van der Waals surface area contributed by atoms with Gasteiger partial charge in [-0.05, 0) is 37.1 Å². The number of sulfonamides is 1. The van der Waals surface area contributed by atoms with Crippen molar-refractivity contribution in [2.45, 2.75) is 17.7 Å².